The summed E-state index contributed by atoms with van der Waals surface area (Å²) in [5, 5.41) is 4.18. The van der Waals surface area contributed by atoms with Crippen molar-refractivity contribution in [2.45, 2.75) is 0 Å². The number of carbonyl (C=O) groups excluding carboxylic acids is 1. The molecule has 0 bridgehead atoms. The molecule has 2 aromatic rings. The van der Waals surface area contributed by atoms with Gasteiger partial charge in [0.1, 0.15) is 15.6 Å². The van der Waals surface area contributed by atoms with Crippen LogP contribution in [0.25, 0.3) is 0 Å². The van der Waals surface area contributed by atoms with E-state index in [9.17, 15) is 14.4 Å². The minimum absolute atomic E-state index is 0.0141. The third kappa shape index (κ3) is 1.85. The Morgan fingerprint density at radius 2 is 2.12 bits per heavy atom. The van der Waals surface area contributed by atoms with Crippen LogP contribution >= 0.6 is 22.9 Å². The quantitative estimate of drug-likeness (QED) is 0.677. The summed E-state index contributed by atoms with van der Waals surface area (Å²) < 4.78 is 4.57. The second kappa shape index (κ2) is 4.31. The molecule has 1 aromatic carbocycles. The first-order valence-electron chi connectivity index (χ1n) is 4.48. The average molecular weight is 272 g/mol. The molecule has 1 aromatic heterocycles. The van der Waals surface area contributed by atoms with Gasteiger partial charge in [-0.05, 0) is 11.4 Å². The minimum atomic E-state index is -0.719. The summed E-state index contributed by atoms with van der Waals surface area (Å²) in [6.07, 6.45) is 0. The lowest BCUT2D eigenvalue weighted by Crippen LogP contribution is -2.33. The second-order valence-electron chi connectivity index (χ2n) is 3.13. The van der Waals surface area contributed by atoms with Gasteiger partial charge in [-0.25, -0.2) is 4.79 Å². The SMILES string of the molecule is COC(=O)c1sccc1Nc1c(Cl)c(=O)c1=O. The van der Waals surface area contributed by atoms with Gasteiger partial charge in [0.05, 0.1) is 12.8 Å². The number of esters is 1. The van der Waals surface area contributed by atoms with Gasteiger partial charge in [0.2, 0.25) is 5.43 Å². The van der Waals surface area contributed by atoms with Crippen molar-refractivity contribution in [3.63, 3.8) is 0 Å². The van der Waals surface area contributed by atoms with Crippen molar-refractivity contribution in [1.29, 1.82) is 0 Å². The summed E-state index contributed by atoms with van der Waals surface area (Å²) in [5.74, 6) is -0.516. The molecular formula is C10H6ClNO4S. The molecule has 0 atom stereocenters. The molecule has 2 rings (SSSR count). The van der Waals surface area contributed by atoms with Crippen LogP contribution in [-0.4, -0.2) is 13.1 Å². The number of anilines is 2. The van der Waals surface area contributed by atoms with E-state index in [1.54, 1.807) is 11.4 Å². The third-order valence-corrected chi connectivity index (χ3v) is 3.40. The Hall–Kier alpha value is -1.66. The lowest BCUT2D eigenvalue weighted by molar-refractivity contribution is 0.0607. The number of ether oxygens (including phenoxy) is 1. The smallest absolute Gasteiger partial charge is 0.350 e. The molecule has 17 heavy (non-hydrogen) atoms. The zero-order valence-corrected chi connectivity index (χ0v) is 10.1. The molecule has 0 amide bonds. The Labute approximate surface area is 104 Å². The van der Waals surface area contributed by atoms with Crippen molar-refractivity contribution in [3.05, 3.63) is 41.8 Å². The number of halogens is 1. The molecule has 0 unspecified atom stereocenters. The fourth-order valence-corrected chi connectivity index (χ4v) is 2.25. The van der Waals surface area contributed by atoms with Gasteiger partial charge < -0.3 is 10.1 Å². The number of methoxy groups -OCH3 is 1. The molecular weight excluding hydrogens is 266 g/mol. The molecule has 0 saturated carbocycles. The van der Waals surface area contributed by atoms with Crippen LogP contribution in [0.5, 0.6) is 0 Å². The van der Waals surface area contributed by atoms with Gasteiger partial charge in [-0.3, -0.25) is 9.59 Å². The predicted molar refractivity (Wildman–Crippen MR) is 65.3 cm³/mol. The van der Waals surface area contributed by atoms with Crippen LogP contribution in [0.3, 0.4) is 0 Å². The summed E-state index contributed by atoms with van der Waals surface area (Å²) in [6.45, 7) is 0. The molecule has 0 spiro atoms. The first-order valence-corrected chi connectivity index (χ1v) is 5.73. The Bertz CT molecular complexity index is 653. The zero-order chi connectivity index (χ0) is 12.6. The molecule has 0 aliphatic carbocycles. The largest absolute Gasteiger partial charge is 0.465 e. The Morgan fingerprint density at radius 1 is 1.41 bits per heavy atom. The van der Waals surface area contributed by atoms with Crippen molar-refractivity contribution in [1.82, 2.24) is 0 Å². The number of thiophene rings is 1. The van der Waals surface area contributed by atoms with Crippen molar-refractivity contribution >= 4 is 40.3 Å². The topological polar surface area (TPSA) is 72.5 Å². The molecule has 5 nitrogen and oxygen atoms in total. The highest BCUT2D eigenvalue weighted by Crippen LogP contribution is 2.27. The minimum Gasteiger partial charge on any atom is -0.465 e. The van der Waals surface area contributed by atoms with Crippen molar-refractivity contribution < 1.29 is 9.53 Å². The van der Waals surface area contributed by atoms with Crippen LogP contribution in [0.1, 0.15) is 9.67 Å². The van der Waals surface area contributed by atoms with E-state index in [2.05, 4.69) is 10.1 Å². The van der Waals surface area contributed by atoms with Crippen LogP contribution in [0.4, 0.5) is 11.4 Å². The van der Waals surface area contributed by atoms with E-state index in [4.69, 9.17) is 11.6 Å². The van der Waals surface area contributed by atoms with Crippen LogP contribution in [0.15, 0.2) is 21.0 Å². The van der Waals surface area contributed by atoms with Gasteiger partial charge >= 0.3 is 5.97 Å². The van der Waals surface area contributed by atoms with E-state index in [1.165, 1.54) is 7.11 Å². The third-order valence-electron chi connectivity index (χ3n) is 2.15. The maximum atomic E-state index is 11.4. The number of carbonyl (C=O) groups is 1. The van der Waals surface area contributed by atoms with Gasteiger partial charge in [-0.15, -0.1) is 11.3 Å². The number of nitrogens with one attached hydrogen (secondary N) is 1. The molecule has 0 saturated heterocycles. The van der Waals surface area contributed by atoms with Crippen LogP contribution in [0.2, 0.25) is 5.02 Å². The van der Waals surface area contributed by atoms with Gasteiger partial charge in [-0.1, -0.05) is 11.6 Å². The fraction of sp³-hybridized carbons (Fsp3) is 0.100. The lowest BCUT2D eigenvalue weighted by Gasteiger charge is -2.08. The van der Waals surface area contributed by atoms with E-state index in [0.29, 0.717) is 10.6 Å². The molecule has 88 valence electrons. The summed E-state index contributed by atoms with van der Waals surface area (Å²) in [4.78, 5) is 33.8. The van der Waals surface area contributed by atoms with E-state index in [-0.39, 0.29) is 10.7 Å². The number of hydrogen-bond acceptors (Lipinski definition) is 6. The molecule has 1 heterocycles. The first-order chi connectivity index (χ1) is 8.06. The predicted octanol–water partition coefficient (Wildman–Crippen LogP) is 1.53. The molecule has 0 radical (unpaired) electrons. The van der Waals surface area contributed by atoms with Crippen LogP contribution < -0.4 is 16.2 Å². The summed E-state index contributed by atoms with van der Waals surface area (Å²) in [7, 11) is 1.26. The van der Waals surface area contributed by atoms with E-state index in [0.717, 1.165) is 11.3 Å². The molecule has 0 aliphatic heterocycles. The standard InChI is InChI=1S/C10H6ClNO4S/c1-16-10(15)9-4(2-3-17-9)12-6-5(11)7(13)8(6)14/h2-3,12H,1H3. The van der Waals surface area contributed by atoms with Gasteiger partial charge in [0.25, 0.3) is 5.43 Å². The van der Waals surface area contributed by atoms with E-state index >= 15 is 0 Å². The Morgan fingerprint density at radius 3 is 2.71 bits per heavy atom. The summed E-state index contributed by atoms with van der Waals surface area (Å²) in [5.41, 5.74) is -0.989. The Balaban J connectivity index is 2.33. The van der Waals surface area contributed by atoms with Crippen molar-refractivity contribution in [2.24, 2.45) is 0 Å². The molecule has 7 heteroatoms. The first kappa shape index (κ1) is 11.8. The van der Waals surface area contributed by atoms with Gasteiger partial charge in [0.15, 0.2) is 0 Å². The van der Waals surface area contributed by atoms with Crippen LogP contribution in [0, 0.1) is 0 Å². The zero-order valence-electron chi connectivity index (χ0n) is 8.57. The average Bonchev–Trinajstić information content (AvgIpc) is 2.81. The highest BCUT2D eigenvalue weighted by molar-refractivity contribution is 7.12. The lowest BCUT2D eigenvalue weighted by atomic mass is 10.2. The number of rotatable bonds is 3. The van der Waals surface area contributed by atoms with Gasteiger partial charge in [-0.2, -0.15) is 0 Å². The maximum absolute atomic E-state index is 11.4. The van der Waals surface area contributed by atoms with E-state index < -0.39 is 16.8 Å². The number of hydrogen-bond donors (Lipinski definition) is 1. The fourth-order valence-electron chi connectivity index (χ4n) is 1.27. The van der Waals surface area contributed by atoms with Crippen molar-refractivity contribution in [3.8, 4) is 0 Å². The molecule has 0 aliphatic rings. The summed E-state index contributed by atoms with van der Waals surface area (Å²) in [6, 6.07) is 1.60. The molecule has 1 N–H and O–H groups in total. The molecule has 0 fully saturated rings. The highest BCUT2D eigenvalue weighted by Gasteiger charge is 2.21. The monoisotopic (exact) mass is 271 g/mol. The maximum Gasteiger partial charge on any atom is 0.350 e. The normalized spacial score (nSPS) is 10.5. The van der Waals surface area contributed by atoms with Gasteiger partial charge in [0, 0.05) is 0 Å². The van der Waals surface area contributed by atoms with Crippen LogP contribution in [-0.2, 0) is 4.74 Å². The van der Waals surface area contributed by atoms with Crippen molar-refractivity contribution in [2.75, 3.05) is 12.4 Å². The highest BCUT2D eigenvalue weighted by atomic mass is 35.5. The summed E-state index contributed by atoms with van der Waals surface area (Å²) >= 11 is 6.74. The second-order valence-corrected chi connectivity index (χ2v) is 4.42. The van der Waals surface area contributed by atoms with E-state index in [1.807, 2.05) is 0 Å². The Kier molecular flexibility index (Phi) is 2.99.